The molecular weight excluding hydrogens is 487 g/mol. The van der Waals surface area contributed by atoms with E-state index in [2.05, 4.69) is 20.9 Å². The molecule has 9 heteroatoms. The summed E-state index contributed by atoms with van der Waals surface area (Å²) in [7, 11) is 1.59. The monoisotopic (exact) mass is 522 g/mol. The molecule has 166 valence electrons. The van der Waals surface area contributed by atoms with E-state index in [1.54, 1.807) is 7.11 Å². The lowest BCUT2D eigenvalue weighted by Crippen LogP contribution is -2.40. The van der Waals surface area contributed by atoms with Crippen molar-refractivity contribution in [3.8, 4) is 11.5 Å². The molecule has 1 rings (SSSR count). The topological polar surface area (TPSA) is 93.2 Å². The quantitative estimate of drug-likeness (QED) is 0.169. The number of benzene rings is 1. The summed E-state index contributed by atoms with van der Waals surface area (Å²) in [6, 6.07) is 5.83. The minimum absolute atomic E-state index is 0. The second kappa shape index (κ2) is 16.1. The molecule has 0 spiro atoms. The molecule has 0 fully saturated rings. The summed E-state index contributed by atoms with van der Waals surface area (Å²) < 4.78 is 16.2. The van der Waals surface area contributed by atoms with Crippen molar-refractivity contribution in [3.63, 3.8) is 0 Å². The Kier molecular flexibility index (Phi) is 15.1. The maximum absolute atomic E-state index is 11.8. The van der Waals surface area contributed by atoms with Crippen molar-refractivity contribution in [2.75, 3.05) is 46.6 Å². The number of methoxy groups -OCH3 is 1. The Morgan fingerprint density at radius 3 is 2.41 bits per heavy atom. The number of aliphatic imine (C=N–C) groups is 1. The van der Waals surface area contributed by atoms with Gasteiger partial charge < -0.3 is 30.2 Å². The Balaban J connectivity index is 0.00000784. The van der Waals surface area contributed by atoms with Gasteiger partial charge >= 0.3 is 0 Å². The third kappa shape index (κ3) is 10.6. The van der Waals surface area contributed by atoms with Gasteiger partial charge in [0.15, 0.2) is 17.5 Å². The fourth-order valence-corrected chi connectivity index (χ4v) is 2.44. The smallest absolute Gasteiger partial charge is 0.241 e. The molecule has 0 bridgehead atoms. The van der Waals surface area contributed by atoms with Crippen molar-refractivity contribution in [2.24, 2.45) is 4.99 Å². The van der Waals surface area contributed by atoms with Crippen molar-refractivity contribution >= 4 is 35.8 Å². The zero-order valence-electron chi connectivity index (χ0n) is 18.0. The fourth-order valence-electron chi connectivity index (χ4n) is 2.44. The highest BCUT2D eigenvalue weighted by Crippen LogP contribution is 2.30. The van der Waals surface area contributed by atoms with Crippen molar-refractivity contribution in [1.29, 1.82) is 0 Å². The third-order valence-corrected chi connectivity index (χ3v) is 3.77. The number of nitrogens with one attached hydrogen (secondary N) is 3. The first kappa shape index (κ1) is 27.2. The van der Waals surface area contributed by atoms with Crippen LogP contribution in [0.2, 0.25) is 0 Å². The van der Waals surface area contributed by atoms with Gasteiger partial charge in [-0.1, -0.05) is 6.07 Å². The van der Waals surface area contributed by atoms with Gasteiger partial charge in [0, 0.05) is 20.2 Å². The number of amides is 1. The average molecular weight is 522 g/mol. The lowest BCUT2D eigenvalue weighted by Gasteiger charge is -2.20. The zero-order chi connectivity index (χ0) is 20.8. The summed E-state index contributed by atoms with van der Waals surface area (Å²) in [6.07, 6.45) is 0. The number of ether oxygens (including phenoxy) is 3. The van der Waals surface area contributed by atoms with Crippen LogP contribution in [0.5, 0.6) is 11.5 Å². The number of guanidine groups is 1. The number of nitrogens with zero attached hydrogens (tertiary/aromatic N) is 1. The molecule has 1 amide bonds. The summed E-state index contributed by atoms with van der Waals surface area (Å²) in [5.41, 5.74) is 1.03. The number of carbonyl (C=O) groups is 1. The predicted molar refractivity (Wildman–Crippen MR) is 127 cm³/mol. The molecule has 0 aromatic heterocycles. The van der Waals surface area contributed by atoms with Crippen LogP contribution in [-0.2, 0) is 9.53 Å². The fraction of sp³-hybridized carbons (Fsp3) is 0.600. The molecule has 8 nitrogen and oxygen atoms in total. The highest BCUT2D eigenvalue weighted by molar-refractivity contribution is 14.0. The molecule has 29 heavy (non-hydrogen) atoms. The Bertz CT molecular complexity index is 628. The Labute approximate surface area is 191 Å². The van der Waals surface area contributed by atoms with E-state index < -0.39 is 0 Å². The SMILES string of the molecule is CCNC(=NCC(=O)NCCOC)NC(C)c1ccc(OCC)c(OCC)c1.I. The summed E-state index contributed by atoms with van der Waals surface area (Å²) in [5, 5.41) is 9.22. The molecule has 1 unspecified atom stereocenters. The third-order valence-electron chi connectivity index (χ3n) is 3.77. The van der Waals surface area contributed by atoms with Gasteiger partial charge in [-0.2, -0.15) is 0 Å². The Morgan fingerprint density at radius 2 is 1.79 bits per heavy atom. The van der Waals surface area contributed by atoms with E-state index in [9.17, 15) is 4.79 Å². The van der Waals surface area contributed by atoms with Gasteiger partial charge in [-0.05, 0) is 45.4 Å². The number of halogens is 1. The average Bonchev–Trinajstić information content (AvgIpc) is 2.68. The minimum Gasteiger partial charge on any atom is -0.490 e. The van der Waals surface area contributed by atoms with E-state index >= 15 is 0 Å². The van der Waals surface area contributed by atoms with Gasteiger partial charge in [-0.25, -0.2) is 4.99 Å². The first-order chi connectivity index (χ1) is 13.5. The molecular formula is C20H35IN4O4. The molecule has 0 heterocycles. The van der Waals surface area contributed by atoms with Crippen molar-refractivity contribution in [3.05, 3.63) is 23.8 Å². The van der Waals surface area contributed by atoms with Crippen molar-refractivity contribution in [1.82, 2.24) is 16.0 Å². The summed E-state index contributed by atoms with van der Waals surface area (Å²) >= 11 is 0. The first-order valence-corrected chi connectivity index (χ1v) is 9.75. The number of hydrogen-bond acceptors (Lipinski definition) is 5. The number of rotatable bonds is 12. The van der Waals surface area contributed by atoms with E-state index in [4.69, 9.17) is 14.2 Å². The Morgan fingerprint density at radius 1 is 1.10 bits per heavy atom. The number of hydrogen-bond donors (Lipinski definition) is 3. The predicted octanol–water partition coefficient (Wildman–Crippen LogP) is 2.48. The summed E-state index contributed by atoms with van der Waals surface area (Å²) in [6.45, 7) is 10.7. The van der Waals surface area contributed by atoms with E-state index in [0.717, 1.165) is 17.1 Å². The van der Waals surface area contributed by atoms with Crippen LogP contribution in [-0.4, -0.2) is 58.4 Å². The molecule has 0 aliphatic carbocycles. The number of carbonyl (C=O) groups excluding carboxylic acids is 1. The summed E-state index contributed by atoms with van der Waals surface area (Å²) in [4.78, 5) is 16.2. The second-order valence-corrected chi connectivity index (χ2v) is 5.98. The van der Waals surface area contributed by atoms with Crippen LogP contribution in [0.25, 0.3) is 0 Å². The molecule has 0 saturated heterocycles. The highest BCUT2D eigenvalue weighted by Gasteiger charge is 2.13. The van der Waals surface area contributed by atoms with E-state index in [1.165, 1.54) is 0 Å². The van der Waals surface area contributed by atoms with Crippen molar-refractivity contribution in [2.45, 2.75) is 33.7 Å². The lowest BCUT2D eigenvalue weighted by molar-refractivity contribution is -0.119. The van der Waals surface area contributed by atoms with Crippen LogP contribution in [0, 0.1) is 0 Å². The van der Waals surface area contributed by atoms with Crippen molar-refractivity contribution < 1.29 is 19.0 Å². The zero-order valence-corrected chi connectivity index (χ0v) is 20.4. The van der Waals surface area contributed by atoms with Gasteiger partial charge in [0.25, 0.3) is 0 Å². The van der Waals surface area contributed by atoms with E-state index in [-0.39, 0.29) is 42.5 Å². The highest BCUT2D eigenvalue weighted by atomic mass is 127. The second-order valence-electron chi connectivity index (χ2n) is 5.98. The van der Waals surface area contributed by atoms with Crippen LogP contribution >= 0.6 is 24.0 Å². The van der Waals surface area contributed by atoms with E-state index in [0.29, 0.717) is 38.9 Å². The largest absolute Gasteiger partial charge is 0.490 e. The van der Waals surface area contributed by atoms with E-state index in [1.807, 2.05) is 45.9 Å². The maximum atomic E-state index is 11.8. The lowest BCUT2D eigenvalue weighted by atomic mass is 10.1. The van der Waals surface area contributed by atoms with Gasteiger partial charge in [0.1, 0.15) is 6.54 Å². The van der Waals surface area contributed by atoms with Crippen LogP contribution < -0.4 is 25.4 Å². The standard InChI is InChI=1S/C20H34N4O4.HI/c1-6-21-20(23-14-19(25)22-11-12-26-5)24-15(4)16-9-10-17(27-7-2)18(13-16)28-8-3;/h9-10,13,15H,6-8,11-12,14H2,1-5H3,(H,22,25)(H2,21,23,24);1H. The summed E-state index contributed by atoms with van der Waals surface area (Å²) in [5.74, 6) is 1.87. The van der Waals surface area contributed by atoms with Gasteiger partial charge in [0.2, 0.25) is 5.91 Å². The normalized spacial score (nSPS) is 11.8. The Hall–Kier alpha value is -1.75. The van der Waals surface area contributed by atoms with Crippen LogP contribution in [0.15, 0.2) is 23.2 Å². The van der Waals surface area contributed by atoms with Crippen LogP contribution in [0.1, 0.15) is 39.3 Å². The van der Waals surface area contributed by atoms with Gasteiger partial charge in [-0.3, -0.25) is 4.79 Å². The molecule has 0 saturated carbocycles. The molecule has 3 N–H and O–H groups in total. The molecule has 0 radical (unpaired) electrons. The van der Waals surface area contributed by atoms with Gasteiger partial charge in [-0.15, -0.1) is 24.0 Å². The molecule has 0 aliphatic rings. The molecule has 1 aromatic rings. The molecule has 1 aromatic carbocycles. The van der Waals surface area contributed by atoms with Crippen LogP contribution in [0.3, 0.4) is 0 Å². The first-order valence-electron chi connectivity index (χ1n) is 9.75. The van der Waals surface area contributed by atoms with Crippen LogP contribution in [0.4, 0.5) is 0 Å². The maximum Gasteiger partial charge on any atom is 0.241 e. The van der Waals surface area contributed by atoms with Gasteiger partial charge in [0.05, 0.1) is 25.9 Å². The minimum atomic E-state index is -0.151. The molecule has 0 aliphatic heterocycles. The molecule has 1 atom stereocenters.